The van der Waals surface area contributed by atoms with Crippen LogP contribution in [0.1, 0.15) is 18.9 Å². The van der Waals surface area contributed by atoms with Crippen molar-refractivity contribution in [3.8, 4) is 5.75 Å². The molecule has 1 N–H and O–H groups in total. The van der Waals surface area contributed by atoms with Crippen molar-refractivity contribution in [3.05, 3.63) is 29.8 Å². The van der Waals surface area contributed by atoms with Crippen molar-refractivity contribution in [2.75, 3.05) is 11.5 Å². The van der Waals surface area contributed by atoms with Crippen molar-refractivity contribution in [1.29, 1.82) is 0 Å². The number of benzene rings is 1. The van der Waals surface area contributed by atoms with Crippen molar-refractivity contribution in [2.45, 2.75) is 19.4 Å². The molecule has 98 valence electrons. The largest absolute Gasteiger partial charge is 0.489 e. The predicted octanol–water partition coefficient (Wildman–Crippen LogP) is 1.45. The molecule has 1 fully saturated rings. The minimum absolute atomic E-state index is 0.0522. The Morgan fingerprint density at radius 3 is 2.78 bits per heavy atom. The second kappa shape index (κ2) is 4.97. The first kappa shape index (κ1) is 12.9. The highest BCUT2D eigenvalue weighted by Gasteiger charge is 2.29. The summed E-state index contributed by atoms with van der Waals surface area (Å²) in [6, 6.07) is 7.12. The second-order valence-corrected chi connectivity index (χ2v) is 6.55. The van der Waals surface area contributed by atoms with E-state index in [4.69, 9.17) is 9.94 Å². The van der Waals surface area contributed by atoms with Crippen LogP contribution in [0.4, 0.5) is 0 Å². The van der Waals surface area contributed by atoms with Gasteiger partial charge in [0, 0.05) is 5.56 Å². The van der Waals surface area contributed by atoms with Gasteiger partial charge in [0.1, 0.15) is 11.9 Å². The third-order valence-corrected chi connectivity index (χ3v) is 4.65. The van der Waals surface area contributed by atoms with Gasteiger partial charge in [-0.25, -0.2) is 8.42 Å². The molecule has 18 heavy (non-hydrogen) atoms. The molecular weight excluding hydrogens is 254 g/mol. The summed E-state index contributed by atoms with van der Waals surface area (Å²) in [4.78, 5) is 0. The van der Waals surface area contributed by atoms with Crippen molar-refractivity contribution in [1.82, 2.24) is 0 Å². The molecule has 0 saturated carbocycles. The highest BCUT2D eigenvalue weighted by atomic mass is 32.2. The van der Waals surface area contributed by atoms with E-state index in [0.717, 1.165) is 0 Å². The Morgan fingerprint density at radius 2 is 2.17 bits per heavy atom. The predicted molar refractivity (Wildman–Crippen MR) is 68.1 cm³/mol. The quantitative estimate of drug-likeness (QED) is 0.512. The average molecular weight is 269 g/mol. The second-order valence-electron chi connectivity index (χ2n) is 4.32. The highest BCUT2D eigenvalue weighted by molar-refractivity contribution is 7.91. The number of hydrogen-bond donors (Lipinski definition) is 1. The lowest BCUT2D eigenvalue weighted by molar-refractivity contribution is 0.228. The van der Waals surface area contributed by atoms with E-state index in [0.29, 0.717) is 23.4 Å². The number of para-hydroxylation sites is 1. The number of rotatable bonds is 3. The molecule has 0 aliphatic carbocycles. The van der Waals surface area contributed by atoms with Gasteiger partial charge < -0.3 is 9.94 Å². The monoisotopic (exact) mass is 269 g/mol. The van der Waals surface area contributed by atoms with Gasteiger partial charge in [0.15, 0.2) is 9.84 Å². The van der Waals surface area contributed by atoms with Gasteiger partial charge in [0.2, 0.25) is 0 Å². The van der Waals surface area contributed by atoms with E-state index in [2.05, 4.69) is 5.16 Å². The fourth-order valence-electron chi connectivity index (χ4n) is 1.96. The normalized spacial score (nSPS) is 22.9. The first-order valence-electron chi connectivity index (χ1n) is 5.67. The van der Waals surface area contributed by atoms with E-state index in [-0.39, 0.29) is 17.6 Å². The molecule has 2 rings (SSSR count). The van der Waals surface area contributed by atoms with Crippen molar-refractivity contribution in [2.24, 2.45) is 5.16 Å². The highest BCUT2D eigenvalue weighted by Crippen LogP contribution is 2.24. The van der Waals surface area contributed by atoms with Crippen molar-refractivity contribution < 1.29 is 18.4 Å². The van der Waals surface area contributed by atoms with E-state index in [1.807, 2.05) is 6.07 Å². The third-order valence-electron chi connectivity index (χ3n) is 2.91. The molecule has 0 spiro atoms. The Balaban J connectivity index is 2.20. The smallest absolute Gasteiger partial charge is 0.154 e. The molecule has 1 atom stereocenters. The first-order chi connectivity index (χ1) is 8.52. The zero-order chi connectivity index (χ0) is 13.2. The van der Waals surface area contributed by atoms with Crippen LogP contribution < -0.4 is 4.74 Å². The maximum absolute atomic E-state index is 11.4. The summed E-state index contributed by atoms with van der Waals surface area (Å²) in [6.45, 7) is 1.66. The maximum Gasteiger partial charge on any atom is 0.154 e. The molecule has 0 radical (unpaired) electrons. The minimum atomic E-state index is -2.96. The van der Waals surface area contributed by atoms with Crippen LogP contribution in [-0.4, -0.2) is 36.9 Å². The Hall–Kier alpha value is -1.56. The van der Waals surface area contributed by atoms with Crippen LogP contribution in [-0.2, 0) is 9.84 Å². The van der Waals surface area contributed by atoms with Gasteiger partial charge in [0.25, 0.3) is 0 Å². The van der Waals surface area contributed by atoms with Crippen molar-refractivity contribution in [3.63, 3.8) is 0 Å². The SMILES string of the molecule is C/C(=N\O)c1ccccc1OC1CCS(=O)(=O)C1. The zero-order valence-electron chi connectivity index (χ0n) is 10.0. The fourth-order valence-corrected chi connectivity index (χ4v) is 3.55. The Kier molecular flexibility index (Phi) is 3.56. The summed E-state index contributed by atoms with van der Waals surface area (Å²) in [7, 11) is -2.96. The molecule has 5 nitrogen and oxygen atoms in total. The summed E-state index contributed by atoms with van der Waals surface area (Å²) >= 11 is 0. The summed E-state index contributed by atoms with van der Waals surface area (Å²) in [5, 5.41) is 11.9. The van der Waals surface area contributed by atoms with Crippen LogP contribution in [0.2, 0.25) is 0 Å². The third kappa shape index (κ3) is 2.81. The molecule has 1 unspecified atom stereocenters. The topological polar surface area (TPSA) is 76.0 Å². The number of hydrogen-bond acceptors (Lipinski definition) is 5. The fraction of sp³-hybridized carbons (Fsp3) is 0.417. The van der Waals surface area contributed by atoms with Crippen LogP contribution >= 0.6 is 0 Å². The van der Waals surface area contributed by atoms with Crippen LogP contribution in [0.5, 0.6) is 5.75 Å². The van der Waals surface area contributed by atoms with Gasteiger partial charge >= 0.3 is 0 Å². The average Bonchev–Trinajstić information content (AvgIpc) is 2.68. The Labute approximate surface area is 106 Å². The van der Waals surface area contributed by atoms with Gasteiger partial charge in [0.05, 0.1) is 17.2 Å². The van der Waals surface area contributed by atoms with Gasteiger partial charge in [-0.3, -0.25) is 0 Å². The molecule has 1 aliphatic heterocycles. The van der Waals surface area contributed by atoms with Crippen molar-refractivity contribution >= 4 is 15.5 Å². The summed E-state index contributed by atoms with van der Waals surface area (Å²) in [5.41, 5.74) is 1.11. The summed E-state index contributed by atoms with van der Waals surface area (Å²) < 4.78 is 28.4. The van der Waals surface area contributed by atoms with E-state index >= 15 is 0 Å². The van der Waals surface area contributed by atoms with Gasteiger partial charge in [-0.1, -0.05) is 17.3 Å². The van der Waals surface area contributed by atoms with E-state index in [9.17, 15) is 8.42 Å². The molecule has 1 aromatic carbocycles. The van der Waals surface area contributed by atoms with Crippen LogP contribution in [0.3, 0.4) is 0 Å². The minimum Gasteiger partial charge on any atom is -0.489 e. The lowest BCUT2D eigenvalue weighted by Gasteiger charge is -2.15. The van der Waals surface area contributed by atoms with Crippen LogP contribution in [0.25, 0.3) is 0 Å². The van der Waals surface area contributed by atoms with E-state index < -0.39 is 9.84 Å². The Morgan fingerprint density at radius 1 is 1.44 bits per heavy atom. The molecule has 1 aliphatic rings. The number of oxime groups is 1. The zero-order valence-corrected chi connectivity index (χ0v) is 10.9. The molecule has 0 amide bonds. The van der Waals surface area contributed by atoms with Crippen LogP contribution in [0.15, 0.2) is 29.4 Å². The maximum atomic E-state index is 11.4. The number of ether oxygens (including phenoxy) is 1. The summed E-state index contributed by atoms with van der Waals surface area (Å²) in [5.74, 6) is 0.777. The first-order valence-corrected chi connectivity index (χ1v) is 7.49. The van der Waals surface area contributed by atoms with E-state index in [1.54, 1.807) is 25.1 Å². The standard InChI is InChI=1S/C12H15NO4S/c1-9(13-14)11-4-2-3-5-12(11)17-10-6-7-18(15,16)8-10/h2-5,10,14H,6-8H2,1H3/b13-9+. The van der Waals surface area contributed by atoms with Gasteiger partial charge in [-0.2, -0.15) is 0 Å². The molecule has 0 bridgehead atoms. The van der Waals surface area contributed by atoms with Gasteiger partial charge in [-0.05, 0) is 25.5 Å². The van der Waals surface area contributed by atoms with E-state index in [1.165, 1.54) is 0 Å². The Bertz CT molecular complexity index is 565. The number of sulfone groups is 1. The molecule has 6 heteroatoms. The number of nitrogens with zero attached hydrogens (tertiary/aromatic N) is 1. The summed E-state index contributed by atoms with van der Waals surface area (Å²) in [6.07, 6.45) is 0.189. The molecule has 1 saturated heterocycles. The van der Waals surface area contributed by atoms with Crippen LogP contribution in [0, 0.1) is 0 Å². The lowest BCUT2D eigenvalue weighted by Crippen LogP contribution is -2.19. The molecule has 0 aromatic heterocycles. The molecule has 1 heterocycles. The molecule has 1 aromatic rings. The van der Waals surface area contributed by atoms with Gasteiger partial charge in [-0.15, -0.1) is 0 Å². The molecular formula is C12H15NO4S. The lowest BCUT2D eigenvalue weighted by atomic mass is 10.1.